The molecule has 1 rings (SSSR count). The fourth-order valence-electron chi connectivity index (χ4n) is 1.63. The van der Waals surface area contributed by atoms with Gasteiger partial charge in [0, 0.05) is 5.75 Å². The van der Waals surface area contributed by atoms with Crippen LogP contribution in [0.1, 0.15) is 24.5 Å². The van der Waals surface area contributed by atoms with E-state index < -0.39 is 11.7 Å². The molecule has 2 nitrogen and oxygen atoms in total. The number of nitriles is 1. The molecule has 1 aromatic rings. The van der Waals surface area contributed by atoms with Crippen LogP contribution < -0.4 is 4.74 Å². The number of nitrogens with zero attached hydrogens (tertiary/aromatic N) is 1. The van der Waals surface area contributed by atoms with Crippen molar-refractivity contribution in [3.8, 4) is 11.2 Å². The number of alkyl halides is 3. The van der Waals surface area contributed by atoms with E-state index in [0.29, 0.717) is 36.5 Å². The predicted molar refractivity (Wildman–Crippen MR) is 69.0 cm³/mol. The zero-order chi connectivity index (χ0) is 14.3. The Morgan fingerprint density at radius 1 is 1.37 bits per heavy atom. The summed E-state index contributed by atoms with van der Waals surface area (Å²) >= 11 is 1.10. The van der Waals surface area contributed by atoms with E-state index in [-0.39, 0.29) is 0 Å². The van der Waals surface area contributed by atoms with Crippen molar-refractivity contribution >= 4 is 11.8 Å². The Hall–Kier alpha value is -1.35. The number of aryl methyl sites for hydroxylation is 1. The molecular weight excluding hydrogens is 275 g/mol. The fraction of sp³-hybridized carbons (Fsp3) is 0.462. The molecule has 0 aliphatic heterocycles. The summed E-state index contributed by atoms with van der Waals surface area (Å²) in [7, 11) is 0. The first-order chi connectivity index (χ1) is 8.99. The van der Waals surface area contributed by atoms with Gasteiger partial charge in [-0.05, 0) is 55.3 Å². The van der Waals surface area contributed by atoms with Gasteiger partial charge >= 0.3 is 6.18 Å². The fourth-order valence-corrected chi connectivity index (χ4v) is 2.01. The van der Waals surface area contributed by atoms with Crippen LogP contribution in [0.3, 0.4) is 0 Å². The highest BCUT2D eigenvalue weighted by Gasteiger charge is 2.31. The summed E-state index contributed by atoms with van der Waals surface area (Å²) in [6.07, 6.45) is -3.24. The van der Waals surface area contributed by atoms with E-state index in [1.165, 1.54) is 6.07 Å². The van der Waals surface area contributed by atoms with Gasteiger partial charge in [0.15, 0.2) is 0 Å². The molecule has 6 heteroatoms. The molecule has 0 saturated heterocycles. The Morgan fingerprint density at radius 2 is 2.11 bits per heavy atom. The molecule has 0 atom stereocenters. The summed E-state index contributed by atoms with van der Waals surface area (Å²) in [5.74, 6) is 1.08. The molecule has 0 amide bonds. The van der Waals surface area contributed by atoms with Crippen LogP contribution in [0.25, 0.3) is 0 Å². The molecule has 0 aliphatic rings. The zero-order valence-corrected chi connectivity index (χ0v) is 11.3. The largest absolute Gasteiger partial charge is 0.494 e. The summed E-state index contributed by atoms with van der Waals surface area (Å²) in [5.41, 5.74) is -0.130. The Bertz CT molecular complexity index is 454. The summed E-state index contributed by atoms with van der Waals surface area (Å²) in [6.45, 7) is 2.19. The molecule has 0 fully saturated rings. The topological polar surface area (TPSA) is 33.0 Å². The molecule has 104 valence electrons. The lowest BCUT2D eigenvalue weighted by Gasteiger charge is -2.13. The van der Waals surface area contributed by atoms with Crippen molar-refractivity contribution in [1.29, 1.82) is 5.26 Å². The van der Waals surface area contributed by atoms with Crippen LogP contribution in [0, 0.1) is 10.7 Å². The summed E-state index contributed by atoms with van der Waals surface area (Å²) < 4.78 is 43.2. The first-order valence-corrected chi connectivity index (χ1v) is 6.81. The predicted octanol–water partition coefficient (Wildman–Crippen LogP) is 4.25. The molecule has 19 heavy (non-hydrogen) atoms. The van der Waals surface area contributed by atoms with Crippen molar-refractivity contribution < 1.29 is 17.9 Å². The summed E-state index contributed by atoms with van der Waals surface area (Å²) in [5, 5.41) is 10.3. The molecule has 0 bridgehead atoms. The molecule has 0 N–H and O–H groups in total. The van der Waals surface area contributed by atoms with Gasteiger partial charge in [0.1, 0.15) is 11.2 Å². The minimum absolute atomic E-state index is 0.408. The Labute approximate surface area is 114 Å². The maximum atomic E-state index is 12.6. The highest BCUT2D eigenvalue weighted by molar-refractivity contribution is 8.03. The van der Waals surface area contributed by atoms with Crippen molar-refractivity contribution in [2.75, 3.05) is 12.4 Å². The van der Waals surface area contributed by atoms with E-state index >= 15 is 0 Å². The molecular formula is C13H14F3NOS. The molecule has 0 aliphatic carbocycles. The van der Waals surface area contributed by atoms with Crippen LogP contribution in [0.5, 0.6) is 5.75 Å². The van der Waals surface area contributed by atoms with Crippen molar-refractivity contribution in [1.82, 2.24) is 0 Å². The van der Waals surface area contributed by atoms with Gasteiger partial charge in [-0.3, -0.25) is 0 Å². The number of benzene rings is 1. The first kappa shape index (κ1) is 15.7. The van der Waals surface area contributed by atoms with Gasteiger partial charge in [0.2, 0.25) is 0 Å². The van der Waals surface area contributed by atoms with E-state index in [4.69, 9.17) is 10.00 Å². The van der Waals surface area contributed by atoms with Crippen LogP contribution >= 0.6 is 11.8 Å². The maximum Gasteiger partial charge on any atom is 0.416 e. The average Bonchev–Trinajstić information content (AvgIpc) is 2.35. The van der Waals surface area contributed by atoms with Crippen LogP contribution in [0.4, 0.5) is 13.2 Å². The number of ether oxygens (including phenoxy) is 1. The lowest BCUT2D eigenvalue weighted by Crippen LogP contribution is -2.07. The molecule has 1 aromatic carbocycles. The lowest BCUT2D eigenvalue weighted by molar-refractivity contribution is -0.137. The van der Waals surface area contributed by atoms with Crippen LogP contribution in [-0.4, -0.2) is 12.4 Å². The van der Waals surface area contributed by atoms with Crippen LogP contribution in [-0.2, 0) is 12.6 Å². The third kappa shape index (κ3) is 5.03. The third-order valence-electron chi connectivity index (χ3n) is 2.44. The van der Waals surface area contributed by atoms with Gasteiger partial charge in [-0.15, -0.1) is 0 Å². The average molecular weight is 289 g/mol. The second-order valence-electron chi connectivity index (χ2n) is 3.80. The van der Waals surface area contributed by atoms with Gasteiger partial charge in [-0.25, -0.2) is 0 Å². The van der Waals surface area contributed by atoms with Crippen molar-refractivity contribution in [3.63, 3.8) is 0 Å². The standard InChI is InChI=1S/C13H14F3NOS/c1-2-18-12-6-5-11(13(14,15)16)8-10(12)4-3-7-19-9-17/h5-6,8H,2-4,7H2,1H3. The molecule has 0 saturated carbocycles. The Morgan fingerprint density at radius 3 is 2.68 bits per heavy atom. The van der Waals surface area contributed by atoms with E-state index in [1.54, 1.807) is 6.92 Å². The quantitative estimate of drug-likeness (QED) is 0.579. The van der Waals surface area contributed by atoms with Crippen molar-refractivity contribution in [2.45, 2.75) is 25.9 Å². The van der Waals surface area contributed by atoms with E-state index in [0.717, 1.165) is 23.9 Å². The highest BCUT2D eigenvalue weighted by atomic mass is 32.2. The van der Waals surface area contributed by atoms with Gasteiger partial charge in [0.05, 0.1) is 12.2 Å². The summed E-state index contributed by atoms with van der Waals surface area (Å²) in [6, 6.07) is 3.51. The second-order valence-corrected chi connectivity index (χ2v) is 4.68. The normalized spacial score (nSPS) is 11.1. The lowest BCUT2D eigenvalue weighted by atomic mass is 10.1. The number of thiocyanates is 1. The molecule has 0 radical (unpaired) electrons. The van der Waals surface area contributed by atoms with Gasteiger partial charge in [0.25, 0.3) is 0 Å². The molecule has 0 aromatic heterocycles. The number of thioether (sulfide) groups is 1. The minimum Gasteiger partial charge on any atom is -0.494 e. The van der Waals surface area contributed by atoms with E-state index in [2.05, 4.69) is 0 Å². The van der Waals surface area contributed by atoms with Crippen molar-refractivity contribution in [3.05, 3.63) is 29.3 Å². The maximum absolute atomic E-state index is 12.6. The monoisotopic (exact) mass is 289 g/mol. The van der Waals surface area contributed by atoms with Crippen LogP contribution in [0.2, 0.25) is 0 Å². The minimum atomic E-state index is -4.35. The van der Waals surface area contributed by atoms with Crippen LogP contribution in [0.15, 0.2) is 18.2 Å². The summed E-state index contributed by atoms with van der Waals surface area (Å²) in [4.78, 5) is 0. The molecule has 0 heterocycles. The third-order valence-corrected chi connectivity index (χ3v) is 3.07. The zero-order valence-electron chi connectivity index (χ0n) is 10.5. The van der Waals surface area contributed by atoms with E-state index in [9.17, 15) is 13.2 Å². The van der Waals surface area contributed by atoms with Gasteiger partial charge in [-0.2, -0.15) is 18.4 Å². The molecule has 0 spiro atoms. The first-order valence-electron chi connectivity index (χ1n) is 5.82. The number of rotatable bonds is 6. The van der Waals surface area contributed by atoms with Gasteiger partial charge < -0.3 is 4.74 Å². The highest BCUT2D eigenvalue weighted by Crippen LogP contribution is 2.33. The smallest absolute Gasteiger partial charge is 0.416 e. The Kier molecular flexibility index (Phi) is 6.03. The van der Waals surface area contributed by atoms with Crippen molar-refractivity contribution in [2.24, 2.45) is 0 Å². The number of halogens is 3. The van der Waals surface area contributed by atoms with Gasteiger partial charge in [-0.1, -0.05) is 0 Å². The molecule has 0 unspecified atom stereocenters. The number of hydrogen-bond donors (Lipinski definition) is 0. The number of hydrogen-bond acceptors (Lipinski definition) is 3. The van der Waals surface area contributed by atoms with E-state index in [1.807, 2.05) is 5.40 Å². The Balaban J connectivity index is 2.86. The second kappa shape index (κ2) is 7.29. The SMILES string of the molecule is CCOc1ccc(C(F)(F)F)cc1CCCSC#N.